The highest BCUT2D eigenvalue weighted by atomic mass is 32.2. The van der Waals surface area contributed by atoms with Gasteiger partial charge in [0.25, 0.3) is 0 Å². The van der Waals surface area contributed by atoms with Crippen molar-refractivity contribution in [3.05, 3.63) is 0 Å². The topological polar surface area (TPSA) is 105 Å². The van der Waals surface area contributed by atoms with E-state index in [0.717, 1.165) is 0 Å². The molecule has 0 aliphatic rings. The van der Waals surface area contributed by atoms with E-state index >= 15 is 0 Å². The third kappa shape index (κ3) is 7.77. The number of carbonyl (C=O) groups is 1. The first-order valence-electron chi connectivity index (χ1n) is 4.06. The SMILES string of the molecule is CCOCCCNS(=O)(=O)NC(=O)O. The van der Waals surface area contributed by atoms with Crippen LogP contribution in [0.2, 0.25) is 0 Å². The summed E-state index contributed by atoms with van der Waals surface area (Å²) < 4.78 is 30.0. The average molecular weight is 226 g/mol. The molecule has 0 spiro atoms. The zero-order valence-corrected chi connectivity index (χ0v) is 8.63. The monoisotopic (exact) mass is 226 g/mol. The Kier molecular flexibility index (Phi) is 6.17. The van der Waals surface area contributed by atoms with E-state index in [1.165, 1.54) is 4.72 Å². The van der Waals surface area contributed by atoms with Crippen molar-refractivity contribution in [2.75, 3.05) is 19.8 Å². The Morgan fingerprint density at radius 2 is 2.14 bits per heavy atom. The Hall–Kier alpha value is -0.860. The summed E-state index contributed by atoms with van der Waals surface area (Å²) in [5.41, 5.74) is 0. The van der Waals surface area contributed by atoms with Crippen LogP contribution in [0.4, 0.5) is 4.79 Å². The highest BCUT2D eigenvalue weighted by Crippen LogP contribution is 1.83. The first-order chi connectivity index (χ1) is 6.48. The third-order valence-corrected chi connectivity index (χ3v) is 2.21. The zero-order valence-electron chi connectivity index (χ0n) is 7.82. The Morgan fingerprint density at radius 3 is 2.64 bits per heavy atom. The maximum Gasteiger partial charge on any atom is 0.419 e. The maximum atomic E-state index is 10.8. The maximum absolute atomic E-state index is 10.8. The molecule has 0 aromatic rings. The molecule has 0 aliphatic heterocycles. The molecule has 0 unspecified atom stereocenters. The van der Waals surface area contributed by atoms with E-state index in [1.54, 1.807) is 0 Å². The van der Waals surface area contributed by atoms with Gasteiger partial charge in [-0.15, -0.1) is 0 Å². The molecular formula is C6H14N2O5S. The molecule has 0 bridgehead atoms. The predicted molar refractivity (Wildman–Crippen MR) is 49.2 cm³/mol. The summed E-state index contributed by atoms with van der Waals surface area (Å²) in [5, 5.41) is 8.13. The molecule has 0 aromatic carbocycles. The molecular weight excluding hydrogens is 212 g/mol. The molecule has 0 heterocycles. The standard InChI is InChI=1S/C6H14N2O5S/c1-2-13-5-3-4-7-14(11,12)8-6(9)10/h7-8H,2-5H2,1H3,(H,9,10). The van der Waals surface area contributed by atoms with Crippen LogP contribution in [0, 0.1) is 0 Å². The Morgan fingerprint density at radius 1 is 1.50 bits per heavy atom. The number of hydrogen-bond donors (Lipinski definition) is 3. The van der Waals surface area contributed by atoms with Crippen LogP contribution in [-0.2, 0) is 14.9 Å². The van der Waals surface area contributed by atoms with Crippen LogP contribution in [0.3, 0.4) is 0 Å². The van der Waals surface area contributed by atoms with Gasteiger partial charge >= 0.3 is 16.3 Å². The molecule has 0 aliphatic carbocycles. The number of ether oxygens (including phenoxy) is 1. The van der Waals surface area contributed by atoms with Gasteiger partial charge in [0.05, 0.1) is 0 Å². The fourth-order valence-electron chi connectivity index (χ4n) is 0.676. The van der Waals surface area contributed by atoms with Gasteiger partial charge in [0.15, 0.2) is 0 Å². The van der Waals surface area contributed by atoms with Crippen molar-refractivity contribution in [2.24, 2.45) is 0 Å². The summed E-state index contributed by atoms with van der Waals surface area (Å²) in [4.78, 5) is 10.00. The Bertz CT molecular complexity index is 263. The second-order valence-electron chi connectivity index (χ2n) is 2.36. The van der Waals surface area contributed by atoms with Crippen molar-refractivity contribution < 1.29 is 23.1 Å². The average Bonchev–Trinajstić information content (AvgIpc) is 2.01. The molecule has 0 saturated carbocycles. The fraction of sp³-hybridized carbons (Fsp3) is 0.833. The summed E-state index contributed by atoms with van der Waals surface area (Å²) in [5.74, 6) is 0. The molecule has 14 heavy (non-hydrogen) atoms. The van der Waals surface area contributed by atoms with Crippen LogP contribution < -0.4 is 9.44 Å². The zero-order chi connectivity index (χ0) is 11.0. The lowest BCUT2D eigenvalue weighted by atomic mass is 10.5. The Balaban J connectivity index is 3.61. The van der Waals surface area contributed by atoms with Gasteiger partial charge in [-0.05, 0) is 13.3 Å². The predicted octanol–water partition coefficient (Wildman–Crippen LogP) is -0.485. The summed E-state index contributed by atoms with van der Waals surface area (Å²) in [7, 11) is -3.92. The van der Waals surface area contributed by atoms with Crippen LogP contribution in [-0.4, -0.2) is 39.4 Å². The van der Waals surface area contributed by atoms with Gasteiger partial charge in [0.1, 0.15) is 0 Å². The third-order valence-electron chi connectivity index (χ3n) is 1.18. The van der Waals surface area contributed by atoms with Crippen LogP contribution >= 0.6 is 0 Å². The van der Waals surface area contributed by atoms with Crippen molar-refractivity contribution in [1.82, 2.24) is 9.44 Å². The lowest BCUT2D eigenvalue weighted by molar-refractivity contribution is 0.146. The van der Waals surface area contributed by atoms with Crippen LogP contribution in [0.25, 0.3) is 0 Å². The largest absolute Gasteiger partial charge is 0.464 e. The molecule has 3 N–H and O–H groups in total. The first-order valence-corrected chi connectivity index (χ1v) is 5.54. The molecule has 7 nitrogen and oxygen atoms in total. The van der Waals surface area contributed by atoms with Gasteiger partial charge in [-0.1, -0.05) is 0 Å². The van der Waals surface area contributed by atoms with E-state index in [-0.39, 0.29) is 6.54 Å². The highest BCUT2D eigenvalue weighted by molar-refractivity contribution is 7.88. The van der Waals surface area contributed by atoms with E-state index in [2.05, 4.69) is 0 Å². The molecule has 0 aromatic heterocycles. The fourth-order valence-corrected chi connectivity index (χ4v) is 1.39. The van der Waals surface area contributed by atoms with Crippen molar-refractivity contribution in [3.63, 3.8) is 0 Å². The molecule has 0 fully saturated rings. The summed E-state index contributed by atoms with van der Waals surface area (Å²) >= 11 is 0. The Labute approximate surface area is 82.6 Å². The van der Waals surface area contributed by atoms with Crippen molar-refractivity contribution in [3.8, 4) is 0 Å². The van der Waals surface area contributed by atoms with Gasteiger partial charge in [0, 0.05) is 19.8 Å². The van der Waals surface area contributed by atoms with E-state index < -0.39 is 16.3 Å². The minimum Gasteiger partial charge on any atom is -0.464 e. The van der Waals surface area contributed by atoms with Gasteiger partial charge in [-0.25, -0.2) is 9.52 Å². The molecule has 84 valence electrons. The highest BCUT2D eigenvalue weighted by Gasteiger charge is 2.11. The molecule has 0 radical (unpaired) electrons. The molecule has 0 atom stereocenters. The van der Waals surface area contributed by atoms with Gasteiger partial charge in [-0.2, -0.15) is 13.1 Å². The second kappa shape index (κ2) is 6.57. The van der Waals surface area contributed by atoms with Crippen molar-refractivity contribution >= 4 is 16.3 Å². The van der Waals surface area contributed by atoms with E-state index in [9.17, 15) is 13.2 Å². The first kappa shape index (κ1) is 13.1. The second-order valence-corrected chi connectivity index (χ2v) is 3.86. The van der Waals surface area contributed by atoms with Crippen LogP contribution in [0.1, 0.15) is 13.3 Å². The number of nitrogens with one attached hydrogen (secondary N) is 2. The van der Waals surface area contributed by atoms with E-state index in [1.807, 2.05) is 11.6 Å². The minimum absolute atomic E-state index is 0.141. The molecule has 0 saturated heterocycles. The smallest absolute Gasteiger partial charge is 0.419 e. The number of amides is 1. The van der Waals surface area contributed by atoms with Crippen molar-refractivity contribution in [2.45, 2.75) is 13.3 Å². The summed E-state index contributed by atoms with van der Waals surface area (Å²) in [6, 6.07) is 0. The van der Waals surface area contributed by atoms with Crippen LogP contribution in [0.5, 0.6) is 0 Å². The summed E-state index contributed by atoms with van der Waals surface area (Å²) in [6.07, 6.45) is -1.11. The molecule has 0 rings (SSSR count). The van der Waals surface area contributed by atoms with Crippen molar-refractivity contribution in [1.29, 1.82) is 0 Å². The molecule has 8 heteroatoms. The van der Waals surface area contributed by atoms with E-state index in [0.29, 0.717) is 19.6 Å². The molecule has 1 amide bonds. The van der Waals surface area contributed by atoms with Gasteiger partial charge in [0.2, 0.25) is 0 Å². The number of rotatable bonds is 7. The normalized spacial score (nSPS) is 11.2. The quantitative estimate of drug-likeness (QED) is 0.508. The lowest BCUT2D eigenvalue weighted by Gasteiger charge is -2.05. The van der Waals surface area contributed by atoms with Gasteiger partial charge in [-0.3, -0.25) is 0 Å². The lowest BCUT2D eigenvalue weighted by Crippen LogP contribution is -2.40. The number of hydrogen-bond acceptors (Lipinski definition) is 4. The van der Waals surface area contributed by atoms with E-state index in [4.69, 9.17) is 9.84 Å². The minimum atomic E-state index is -3.92. The summed E-state index contributed by atoms with van der Waals surface area (Å²) in [6.45, 7) is 2.98. The number of carboxylic acid groups (broad SMARTS) is 1. The van der Waals surface area contributed by atoms with Gasteiger partial charge < -0.3 is 9.84 Å². The van der Waals surface area contributed by atoms with Crippen LogP contribution in [0.15, 0.2) is 0 Å².